The van der Waals surface area contributed by atoms with Crippen molar-refractivity contribution in [2.45, 2.75) is 12.0 Å². The third kappa shape index (κ3) is 2.04. The van der Waals surface area contributed by atoms with E-state index >= 15 is 0 Å². The van der Waals surface area contributed by atoms with Crippen molar-refractivity contribution in [1.82, 2.24) is 9.97 Å². The van der Waals surface area contributed by atoms with E-state index in [1.807, 2.05) is 0 Å². The van der Waals surface area contributed by atoms with E-state index in [0.717, 1.165) is 0 Å². The Morgan fingerprint density at radius 2 is 2.08 bits per heavy atom. The van der Waals surface area contributed by atoms with Gasteiger partial charge in [-0.05, 0) is 0 Å². The van der Waals surface area contributed by atoms with Crippen LogP contribution in [0.1, 0.15) is 5.69 Å². The van der Waals surface area contributed by atoms with E-state index in [-0.39, 0.29) is 6.42 Å². The topological polar surface area (TPSA) is 89.4 Å². The minimum atomic E-state index is -1.45. The van der Waals surface area contributed by atoms with Gasteiger partial charge in [0.25, 0.3) is 0 Å². The first-order valence-electron chi connectivity index (χ1n) is 3.61. The molecule has 0 atom stereocenters. The van der Waals surface area contributed by atoms with Crippen molar-refractivity contribution in [2.75, 3.05) is 13.2 Å². The summed E-state index contributed by atoms with van der Waals surface area (Å²) in [7, 11) is 0. The Morgan fingerprint density at radius 3 is 2.50 bits per heavy atom. The molecule has 0 amide bonds. The number of rotatable bonds is 4. The largest absolute Gasteiger partial charge is 0.393 e. The van der Waals surface area contributed by atoms with E-state index in [2.05, 4.69) is 9.97 Å². The predicted molar refractivity (Wildman–Crippen MR) is 41.4 cm³/mol. The lowest BCUT2D eigenvalue weighted by Gasteiger charge is -2.21. The van der Waals surface area contributed by atoms with E-state index in [0.29, 0.717) is 5.69 Å². The molecule has 0 radical (unpaired) electrons. The minimum Gasteiger partial charge on any atom is -0.393 e. The second kappa shape index (κ2) is 3.66. The molecule has 0 aliphatic carbocycles. The molecule has 5 nitrogen and oxygen atoms in total. The number of hydrogen-bond acceptors (Lipinski definition) is 4. The molecule has 0 aromatic carbocycles. The van der Waals surface area contributed by atoms with Crippen molar-refractivity contribution >= 4 is 0 Å². The molecule has 0 aliphatic heterocycles. The third-order valence-corrected chi connectivity index (χ3v) is 1.66. The van der Waals surface area contributed by atoms with Gasteiger partial charge in [0.1, 0.15) is 5.60 Å². The molecule has 0 spiro atoms. The number of imidazole rings is 1. The Kier molecular flexibility index (Phi) is 2.80. The summed E-state index contributed by atoms with van der Waals surface area (Å²) in [4.78, 5) is 6.51. The van der Waals surface area contributed by atoms with Crippen molar-refractivity contribution in [1.29, 1.82) is 0 Å². The molecular weight excluding hydrogens is 160 g/mol. The van der Waals surface area contributed by atoms with Gasteiger partial charge in [-0.25, -0.2) is 4.98 Å². The van der Waals surface area contributed by atoms with E-state index in [1.54, 1.807) is 0 Å². The molecule has 1 heterocycles. The van der Waals surface area contributed by atoms with Crippen LogP contribution in [0.15, 0.2) is 12.5 Å². The average molecular weight is 172 g/mol. The summed E-state index contributed by atoms with van der Waals surface area (Å²) in [5.41, 5.74) is -0.771. The van der Waals surface area contributed by atoms with Crippen molar-refractivity contribution in [2.24, 2.45) is 0 Å². The van der Waals surface area contributed by atoms with Crippen LogP contribution >= 0.6 is 0 Å². The predicted octanol–water partition coefficient (Wildman–Crippen LogP) is -1.33. The summed E-state index contributed by atoms with van der Waals surface area (Å²) in [6, 6.07) is 0. The molecule has 0 unspecified atom stereocenters. The van der Waals surface area contributed by atoms with Gasteiger partial charge in [0.15, 0.2) is 0 Å². The number of aromatic nitrogens is 2. The first-order chi connectivity index (χ1) is 5.70. The van der Waals surface area contributed by atoms with Gasteiger partial charge in [0.2, 0.25) is 0 Å². The number of aromatic amines is 1. The molecule has 5 heteroatoms. The molecule has 0 saturated carbocycles. The number of aliphatic hydroxyl groups excluding tert-OH is 2. The lowest BCUT2D eigenvalue weighted by atomic mass is 10.0. The summed E-state index contributed by atoms with van der Waals surface area (Å²) in [5, 5.41) is 26.9. The van der Waals surface area contributed by atoms with Crippen LogP contribution in [-0.2, 0) is 6.42 Å². The quantitative estimate of drug-likeness (QED) is 0.453. The van der Waals surface area contributed by atoms with E-state index in [1.165, 1.54) is 12.5 Å². The molecule has 1 rings (SSSR count). The van der Waals surface area contributed by atoms with E-state index < -0.39 is 18.8 Å². The zero-order valence-corrected chi connectivity index (χ0v) is 6.56. The number of H-pyrrole nitrogens is 1. The van der Waals surface area contributed by atoms with Crippen molar-refractivity contribution in [3.05, 3.63) is 18.2 Å². The molecule has 0 saturated heterocycles. The molecule has 0 fully saturated rings. The van der Waals surface area contributed by atoms with Crippen LogP contribution in [0.5, 0.6) is 0 Å². The maximum atomic E-state index is 9.45. The van der Waals surface area contributed by atoms with Crippen LogP contribution in [-0.4, -0.2) is 44.1 Å². The first-order valence-corrected chi connectivity index (χ1v) is 3.61. The number of aliphatic hydroxyl groups is 3. The fourth-order valence-electron chi connectivity index (χ4n) is 0.898. The molecule has 68 valence electrons. The smallest absolute Gasteiger partial charge is 0.116 e. The van der Waals surface area contributed by atoms with Crippen LogP contribution in [0.3, 0.4) is 0 Å². The minimum absolute atomic E-state index is 0.167. The molecule has 0 bridgehead atoms. The van der Waals surface area contributed by atoms with Crippen LogP contribution in [0.4, 0.5) is 0 Å². The molecule has 1 aromatic rings. The normalized spacial score (nSPS) is 11.9. The average Bonchev–Trinajstić information content (AvgIpc) is 2.57. The molecule has 1 aromatic heterocycles. The number of nitrogens with one attached hydrogen (secondary N) is 1. The van der Waals surface area contributed by atoms with Gasteiger partial charge in [-0.3, -0.25) is 0 Å². The Balaban J connectivity index is 2.60. The Hall–Kier alpha value is -0.910. The van der Waals surface area contributed by atoms with E-state index in [9.17, 15) is 5.11 Å². The maximum Gasteiger partial charge on any atom is 0.116 e. The van der Waals surface area contributed by atoms with Gasteiger partial charge in [-0.1, -0.05) is 0 Å². The summed E-state index contributed by atoms with van der Waals surface area (Å²) in [5.74, 6) is 0. The highest BCUT2D eigenvalue weighted by Gasteiger charge is 2.25. The Morgan fingerprint density at radius 1 is 1.42 bits per heavy atom. The van der Waals surface area contributed by atoms with Crippen molar-refractivity contribution in [3.63, 3.8) is 0 Å². The standard InChI is InChI=1S/C7H12N2O3/c10-3-7(12,4-11)1-6-2-8-5-9-6/h2,5,10-12H,1,3-4H2,(H,8,9). The van der Waals surface area contributed by atoms with Gasteiger partial charge in [-0.2, -0.15) is 0 Å². The SMILES string of the molecule is OCC(O)(CO)Cc1cnc[nH]1. The fraction of sp³-hybridized carbons (Fsp3) is 0.571. The van der Waals surface area contributed by atoms with E-state index in [4.69, 9.17) is 10.2 Å². The van der Waals surface area contributed by atoms with Gasteiger partial charge in [0, 0.05) is 18.3 Å². The highest BCUT2D eigenvalue weighted by atomic mass is 16.4. The molecule has 4 N–H and O–H groups in total. The summed E-state index contributed by atoms with van der Waals surface area (Å²) in [6.07, 6.45) is 3.18. The second-order valence-electron chi connectivity index (χ2n) is 2.79. The highest BCUT2D eigenvalue weighted by molar-refractivity contribution is 5.00. The van der Waals surface area contributed by atoms with Crippen LogP contribution in [0, 0.1) is 0 Å². The second-order valence-corrected chi connectivity index (χ2v) is 2.79. The first kappa shape index (κ1) is 9.18. The van der Waals surface area contributed by atoms with Gasteiger partial charge in [0.05, 0.1) is 19.5 Å². The number of nitrogens with zero attached hydrogens (tertiary/aromatic N) is 1. The highest BCUT2D eigenvalue weighted by Crippen LogP contribution is 2.09. The van der Waals surface area contributed by atoms with Crippen LogP contribution < -0.4 is 0 Å². The van der Waals surface area contributed by atoms with Crippen LogP contribution in [0.2, 0.25) is 0 Å². The summed E-state index contributed by atoms with van der Waals surface area (Å²) in [6.45, 7) is -0.939. The lowest BCUT2D eigenvalue weighted by molar-refractivity contribution is -0.0545. The Labute approximate surface area is 69.7 Å². The summed E-state index contributed by atoms with van der Waals surface area (Å²) >= 11 is 0. The van der Waals surface area contributed by atoms with Gasteiger partial charge >= 0.3 is 0 Å². The van der Waals surface area contributed by atoms with Crippen molar-refractivity contribution < 1.29 is 15.3 Å². The molecule has 0 aliphatic rings. The molecule has 12 heavy (non-hydrogen) atoms. The summed E-state index contributed by atoms with van der Waals surface area (Å²) < 4.78 is 0. The zero-order chi connectivity index (χ0) is 9.03. The number of hydrogen-bond donors (Lipinski definition) is 4. The van der Waals surface area contributed by atoms with Crippen molar-refractivity contribution in [3.8, 4) is 0 Å². The zero-order valence-electron chi connectivity index (χ0n) is 6.56. The monoisotopic (exact) mass is 172 g/mol. The Bertz CT molecular complexity index is 219. The molecular formula is C7H12N2O3. The third-order valence-electron chi connectivity index (χ3n) is 1.66. The fourth-order valence-corrected chi connectivity index (χ4v) is 0.898. The van der Waals surface area contributed by atoms with Crippen LogP contribution in [0.25, 0.3) is 0 Å². The lowest BCUT2D eigenvalue weighted by Crippen LogP contribution is -2.39. The van der Waals surface area contributed by atoms with Gasteiger partial charge < -0.3 is 20.3 Å². The van der Waals surface area contributed by atoms with Gasteiger partial charge in [-0.15, -0.1) is 0 Å². The maximum absolute atomic E-state index is 9.45.